The summed E-state index contributed by atoms with van der Waals surface area (Å²) in [5, 5.41) is 8.99. The molecule has 0 aromatic heterocycles. The smallest absolute Gasteiger partial charge is 0.225 e. The van der Waals surface area contributed by atoms with Crippen molar-refractivity contribution in [3.8, 4) is 0 Å². The summed E-state index contributed by atoms with van der Waals surface area (Å²) in [6.07, 6.45) is 1.76. The molecule has 0 rings (SSSR count). The topological polar surface area (TPSA) is 65.5 Å². The molecule has 5 nitrogen and oxygen atoms in total. The third kappa shape index (κ3) is 9.26. The molecule has 0 aliphatic rings. The largest absolute Gasteiger partial charge is 0.355 e. The molecule has 0 atom stereocenters. The molecule has 6 heteroatoms. The fraction of sp³-hybridized carbons (Fsp3) is 0.667. The number of carbonyl (C=O) groups is 1. The minimum absolute atomic E-state index is 0. The van der Waals surface area contributed by atoms with Crippen molar-refractivity contribution in [2.24, 2.45) is 10.4 Å². The van der Waals surface area contributed by atoms with Crippen LogP contribution in [0.1, 0.15) is 20.8 Å². The lowest BCUT2D eigenvalue weighted by Crippen LogP contribution is -2.43. The number of nitrogens with one attached hydrogen (secondary N) is 3. The van der Waals surface area contributed by atoms with Crippen LogP contribution in [-0.4, -0.2) is 38.5 Å². The first-order valence-corrected chi connectivity index (χ1v) is 5.75. The summed E-state index contributed by atoms with van der Waals surface area (Å²) in [6, 6.07) is 0. The Morgan fingerprint density at radius 1 is 1.22 bits per heavy atom. The Morgan fingerprint density at radius 2 is 1.78 bits per heavy atom. The van der Waals surface area contributed by atoms with Crippen LogP contribution < -0.4 is 16.0 Å². The van der Waals surface area contributed by atoms with E-state index in [1.54, 1.807) is 13.1 Å². The third-order valence-electron chi connectivity index (χ3n) is 2.02. The van der Waals surface area contributed by atoms with Crippen LogP contribution in [0.25, 0.3) is 0 Å². The van der Waals surface area contributed by atoms with Crippen molar-refractivity contribution < 1.29 is 4.79 Å². The average Bonchev–Trinajstić information content (AvgIpc) is 2.26. The van der Waals surface area contributed by atoms with Crippen molar-refractivity contribution in [3.05, 3.63) is 12.7 Å². The Labute approximate surface area is 127 Å². The van der Waals surface area contributed by atoms with Crippen LogP contribution in [0.4, 0.5) is 0 Å². The zero-order chi connectivity index (χ0) is 13.3. The van der Waals surface area contributed by atoms with Crippen molar-refractivity contribution in [2.75, 3.05) is 26.7 Å². The molecule has 0 aliphatic heterocycles. The lowest BCUT2D eigenvalue weighted by Gasteiger charge is -2.18. The maximum Gasteiger partial charge on any atom is 0.225 e. The number of aliphatic imine (C=N–C) groups is 1. The van der Waals surface area contributed by atoms with Gasteiger partial charge >= 0.3 is 0 Å². The fourth-order valence-corrected chi connectivity index (χ4v) is 1.01. The molecule has 106 valence electrons. The molecule has 0 radical (unpaired) electrons. The van der Waals surface area contributed by atoms with Gasteiger partial charge in [0.1, 0.15) is 0 Å². The molecule has 3 N–H and O–H groups in total. The lowest BCUT2D eigenvalue weighted by atomic mass is 9.96. The number of rotatable bonds is 5. The van der Waals surface area contributed by atoms with E-state index in [2.05, 4.69) is 27.5 Å². The summed E-state index contributed by atoms with van der Waals surface area (Å²) in [5.41, 5.74) is -0.344. The number of amides is 1. The zero-order valence-electron chi connectivity index (χ0n) is 11.7. The second-order valence-electron chi connectivity index (χ2n) is 4.67. The van der Waals surface area contributed by atoms with Crippen molar-refractivity contribution in [3.63, 3.8) is 0 Å². The predicted molar refractivity (Wildman–Crippen MR) is 87.4 cm³/mol. The molecule has 0 aromatic rings. The van der Waals surface area contributed by atoms with Gasteiger partial charge in [-0.15, -0.1) is 30.6 Å². The van der Waals surface area contributed by atoms with Gasteiger partial charge in [0.25, 0.3) is 0 Å². The normalized spacial score (nSPS) is 11.2. The molecule has 0 spiro atoms. The predicted octanol–water partition coefficient (Wildman–Crippen LogP) is 1.12. The molecule has 0 aromatic carbocycles. The third-order valence-corrected chi connectivity index (χ3v) is 2.02. The maximum absolute atomic E-state index is 11.6. The van der Waals surface area contributed by atoms with Crippen LogP contribution >= 0.6 is 24.0 Å². The first kappa shape index (κ1) is 19.5. The van der Waals surface area contributed by atoms with Crippen molar-refractivity contribution in [1.29, 1.82) is 0 Å². The molecule has 0 bridgehead atoms. The van der Waals surface area contributed by atoms with Crippen LogP contribution in [0, 0.1) is 5.41 Å². The second kappa shape index (κ2) is 10.2. The van der Waals surface area contributed by atoms with E-state index in [9.17, 15) is 4.79 Å². The van der Waals surface area contributed by atoms with Gasteiger partial charge in [-0.2, -0.15) is 0 Å². The Morgan fingerprint density at radius 3 is 2.22 bits per heavy atom. The monoisotopic (exact) mass is 368 g/mol. The van der Waals surface area contributed by atoms with Gasteiger partial charge in [0.2, 0.25) is 5.91 Å². The maximum atomic E-state index is 11.6. The molecule has 0 saturated heterocycles. The summed E-state index contributed by atoms with van der Waals surface area (Å²) in [4.78, 5) is 15.6. The Hall–Kier alpha value is -0.790. The van der Waals surface area contributed by atoms with Gasteiger partial charge in [-0.3, -0.25) is 9.79 Å². The highest BCUT2D eigenvalue weighted by molar-refractivity contribution is 14.0. The van der Waals surface area contributed by atoms with E-state index in [1.165, 1.54) is 0 Å². The van der Waals surface area contributed by atoms with Gasteiger partial charge in [-0.1, -0.05) is 26.8 Å². The molecule has 1 amide bonds. The quantitative estimate of drug-likeness (QED) is 0.224. The minimum Gasteiger partial charge on any atom is -0.355 e. The molecular weight excluding hydrogens is 343 g/mol. The molecule has 0 unspecified atom stereocenters. The van der Waals surface area contributed by atoms with Crippen molar-refractivity contribution >= 4 is 35.8 Å². The summed E-state index contributed by atoms with van der Waals surface area (Å²) in [6.45, 7) is 11.2. The van der Waals surface area contributed by atoms with E-state index in [4.69, 9.17) is 0 Å². The second-order valence-corrected chi connectivity index (χ2v) is 4.67. The molecule has 0 heterocycles. The number of carbonyl (C=O) groups excluding carboxylic acids is 1. The van der Waals surface area contributed by atoms with Gasteiger partial charge in [-0.05, 0) is 0 Å². The van der Waals surface area contributed by atoms with E-state index >= 15 is 0 Å². The number of hydrogen-bond acceptors (Lipinski definition) is 2. The molecule has 0 aliphatic carbocycles. The minimum atomic E-state index is -0.344. The van der Waals surface area contributed by atoms with Crippen LogP contribution in [0.3, 0.4) is 0 Å². The molecule has 0 saturated carbocycles. The highest BCUT2D eigenvalue weighted by Gasteiger charge is 2.20. The van der Waals surface area contributed by atoms with Crippen molar-refractivity contribution in [1.82, 2.24) is 16.0 Å². The van der Waals surface area contributed by atoms with E-state index in [0.29, 0.717) is 25.6 Å². The molecule has 18 heavy (non-hydrogen) atoms. The van der Waals surface area contributed by atoms with Gasteiger partial charge < -0.3 is 16.0 Å². The number of nitrogens with zero attached hydrogens (tertiary/aromatic N) is 1. The molecule has 0 fully saturated rings. The first-order chi connectivity index (χ1) is 7.91. The number of halogens is 1. The van der Waals surface area contributed by atoms with Gasteiger partial charge in [0.15, 0.2) is 5.96 Å². The highest BCUT2D eigenvalue weighted by atomic mass is 127. The highest BCUT2D eigenvalue weighted by Crippen LogP contribution is 2.11. The Kier molecular flexibility index (Phi) is 11.0. The standard InChI is InChI=1S/C12H24N4O.HI/c1-6-7-15-11(13-5)16-9-8-14-10(17)12(2,3)4;/h6H,1,7-9H2,2-5H3,(H,14,17)(H2,13,15,16);1H. The summed E-state index contributed by atoms with van der Waals surface area (Å²) in [7, 11) is 1.70. The average molecular weight is 368 g/mol. The first-order valence-electron chi connectivity index (χ1n) is 5.75. The summed E-state index contributed by atoms with van der Waals surface area (Å²) >= 11 is 0. The molecular formula is C12H25IN4O. The lowest BCUT2D eigenvalue weighted by molar-refractivity contribution is -0.128. The van der Waals surface area contributed by atoms with Gasteiger partial charge in [0, 0.05) is 32.1 Å². The van der Waals surface area contributed by atoms with E-state index < -0.39 is 0 Å². The Balaban J connectivity index is 0. The van der Waals surface area contributed by atoms with E-state index in [-0.39, 0.29) is 35.3 Å². The van der Waals surface area contributed by atoms with Gasteiger partial charge in [0.05, 0.1) is 0 Å². The van der Waals surface area contributed by atoms with Crippen LogP contribution in [0.2, 0.25) is 0 Å². The number of guanidine groups is 1. The van der Waals surface area contributed by atoms with E-state index in [1.807, 2.05) is 20.8 Å². The van der Waals surface area contributed by atoms with Crippen molar-refractivity contribution in [2.45, 2.75) is 20.8 Å². The summed E-state index contributed by atoms with van der Waals surface area (Å²) < 4.78 is 0. The van der Waals surface area contributed by atoms with Crippen LogP contribution in [0.15, 0.2) is 17.6 Å². The van der Waals surface area contributed by atoms with Crippen LogP contribution in [0.5, 0.6) is 0 Å². The SMILES string of the molecule is C=CCNC(=NC)NCCNC(=O)C(C)(C)C.I. The van der Waals surface area contributed by atoms with E-state index in [0.717, 1.165) is 0 Å². The van der Waals surface area contributed by atoms with Crippen LogP contribution in [-0.2, 0) is 4.79 Å². The summed E-state index contributed by atoms with van der Waals surface area (Å²) in [5.74, 6) is 0.753. The zero-order valence-corrected chi connectivity index (χ0v) is 14.0. The number of hydrogen-bond donors (Lipinski definition) is 3. The Bertz CT molecular complexity index is 284. The fourth-order valence-electron chi connectivity index (χ4n) is 1.01. The van der Waals surface area contributed by atoms with Gasteiger partial charge in [-0.25, -0.2) is 0 Å².